The molecular weight excluding hydrogens is 216 g/mol. The lowest BCUT2D eigenvalue weighted by Gasteiger charge is -1.98. The Morgan fingerprint density at radius 1 is 1.00 bits per heavy atom. The zero-order chi connectivity index (χ0) is 10.5. The van der Waals surface area contributed by atoms with Crippen LogP contribution in [0.1, 0.15) is 0 Å². The van der Waals surface area contributed by atoms with Crippen molar-refractivity contribution < 1.29 is 0 Å². The molecule has 2 nitrogen and oxygen atoms in total. The second-order valence-electron chi connectivity index (χ2n) is 3.87. The van der Waals surface area contributed by atoms with Gasteiger partial charge in [-0.2, -0.15) is 5.10 Å². The Morgan fingerprint density at radius 2 is 1.94 bits per heavy atom. The Hall–Kier alpha value is -1.87. The topological polar surface area (TPSA) is 28.7 Å². The summed E-state index contributed by atoms with van der Waals surface area (Å²) >= 11 is 1.79. The van der Waals surface area contributed by atoms with Crippen molar-refractivity contribution in [2.24, 2.45) is 0 Å². The molecular formula is C13H8N2S. The van der Waals surface area contributed by atoms with E-state index in [4.69, 9.17) is 0 Å². The Morgan fingerprint density at radius 3 is 2.94 bits per heavy atom. The van der Waals surface area contributed by atoms with Crippen LogP contribution in [0.3, 0.4) is 0 Å². The van der Waals surface area contributed by atoms with Gasteiger partial charge in [0.25, 0.3) is 0 Å². The van der Waals surface area contributed by atoms with Crippen LogP contribution in [-0.4, -0.2) is 10.2 Å². The van der Waals surface area contributed by atoms with Crippen LogP contribution < -0.4 is 0 Å². The molecule has 2 aromatic carbocycles. The minimum absolute atomic E-state index is 1.16. The lowest BCUT2D eigenvalue weighted by atomic mass is 10.1. The van der Waals surface area contributed by atoms with Crippen LogP contribution in [0.5, 0.6) is 0 Å². The van der Waals surface area contributed by atoms with Gasteiger partial charge in [0.2, 0.25) is 0 Å². The van der Waals surface area contributed by atoms with Gasteiger partial charge in [-0.3, -0.25) is 5.10 Å². The zero-order valence-corrected chi connectivity index (χ0v) is 9.21. The number of benzene rings is 2. The molecule has 4 aromatic rings. The largest absolute Gasteiger partial charge is 0.276 e. The average Bonchev–Trinajstić information content (AvgIpc) is 2.88. The van der Waals surface area contributed by atoms with Crippen molar-refractivity contribution in [1.82, 2.24) is 10.2 Å². The zero-order valence-electron chi connectivity index (χ0n) is 8.40. The number of nitrogens with zero attached hydrogens (tertiary/aromatic N) is 1. The number of H-pyrrole nitrogens is 1. The monoisotopic (exact) mass is 224 g/mol. The fourth-order valence-electron chi connectivity index (χ4n) is 2.24. The number of nitrogens with one attached hydrogen (secondary N) is 1. The van der Waals surface area contributed by atoms with Crippen molar-refractivity contribution in [2.75, 3.05) is 0 Å². The van der Waals surface area contributed by atoms with Crippen LogP contribution in [0.15, 0.2) is 42.6 Å². The van der Waals surface area contributed by atoms with E-state index in [9.17, 15) is 0 Å². The van der Waals surface area contributed by atoms with Gasteiger partial charge in [0, 0.05) is 10.1 Å². The number of aromatic amines is 1. The van der Waals surface area contributed by atoms with Crippen LogP contribution in [0, 0.1) is 0 Å². The molecule has 2 heterocycles. The van der Waals surface area contributed by atoms with E-state index >= 15 is 0 Å². The number of rotatable bonds is 0. The van der Waals surface area contributed by atoms with E-state index in [1.54, 1.807) is 11.3 Å². The molecule has 16 heavy (non-hydrogen) atoms. The van der Waals surface area contributed by atoms with Gasteiger partial charge < -0.3 is 0 Å². The molecule has 0 bridgehead atoms. The Balaban J connectivity index is 2.41. The normalized spacial score (nSPS) is 11.8. The van der Waals surface area contributed by atoms with Crippen LogP contribution in [0.25, 0.3) is 31.1 Å². The van der Waals surface area contributed by atoms with Crippen molar-refractivity contribution >= 4 is 42.4 Å². The number of thiophene rings is 1. The average molecular weight is 224 g/mol. The molecule has 0 unspecified atom stereocenters. The first kappa shape index (κ1) is 8.30. The summed E-state index contributed by atoms with van der Waals surface area (Å²) in [6.45, 7) is 0. The summed E-state index contributed by atoms with van der Waals surface area (Å²) in [5, 5.41) is 11.1. The molecule has 76 valence electrons. The van der Waals surface area contributed by atoms with Crippen molar-refractivity contribution in [3.8, 4) is 0 Å². The molecule has 0 radical (unpaired) electrons. The molecule has 0 aliphatic rings. The van der Waals surface area contributed by atoms with Gasteiger partial charge in [-0.25, -0.2) is 0 Å². The molecule has 1 N–H and O–H groups in total. The highest BCUT2D eigenvalue weighted by atomic mass is 32.1. The molecule has 3 heteroatoms. The molecule has 0 saturated carbocycles. The van der Waals surface area contributed by atoms with Crippen LogP contribution in [0.2, 0.25) is 0 Å². The molecule has 0 aliphatic carbocycles. The fraction of sp³-hybridized carbons (Fsp3) is 0. The summed E-state index contributed by atoms with van der Waals surface area (Å²) in [4.78, 5) is 0. The summed E-state index contributed by atoms with van der Waals surface area (Å²) in [6, 6.07) is 12.8. The van der Waals surface area contributed by atoms with Gasteiger partial charge in [-0.1, -0.05) is 30.3 Å². The highest BCUT2D eigenvalue weighted by molar-refractivity contribution is 7.25. The molecule has 0 fully saturated rings. The fourth-order valence-corrected chi connectivity index (χ4v) is 3.29. The van der Waals surface area contributed by atoms with Gasteiger partial charge in [0.1, 0.15) is 0 Å². The van der Waals surface area contributed by atoms with Crippen LogP contribution >= 0.6 is 11.3 Å². The van der Waals surface area contributed by atoms with E-state index in [0.717, 1.165) is 5.52 Å². The number of aromatic nitrogens is 2. The van der Waals surface area contributed by atoms with E-state index in [2.05, 4.69) is 46.6 Å². The molecule has 0 spiro atoms. The maximum absolute atomic E-state index is 4.10. The SMILES string of the molecule is c1ccc2c(c1)ccc1sc3cn[nH]c3c12. The van der Waals surface area contributed by atoms with Crippen LogP contribution in [-0.2, 0) is 0 Å². The number of hydrogen-bond donors (Lipinski definition) is 1. The molecule has 0 aliphatic heterocycles. The van der Waals surface area contributed by atoms with Crippen molar-refractivity contribution in [3.05, 3.63) is 42.6 Å². The van der Waals surface area contributed by atoms with Gasteiger partial charge in [-0.05, 0) is 16.8 Å². The van der Waals surface area contributed by atoms with E-state index in [1.165, 1.54) is 25.6 Å². The lowest BCUT2D eigenvalue weighted by molar-refractivity contribution is 1.12. The standard InChI is InChI=1S/C13H8N2S/c1-2-4-9-8(3-1)5-6-10-12(9)13-11(16-10)7-14-15-13/h1-7H,(H,14,15). The highest BCUT2D eigenvalue weighted by Crippen LogP contribution is 2.36. The summed E-state index contributed by atoms with van der Waals surface area (Å²) in [5.74, 6) is 0. The van der Waals surface area contributed by atoms with Gasteiger partial charge in [0.15, 0.2) is 0 Å². The third-order valence-electron chi connectivity index (χ3n) is 2.97. The lowest BCUT2D eigenvalue weighted by Crippen LogP contribution is -1.74. The van der Waals surface area contributed by atoms with E-state index in [1.807, 2.05) is 6.20 Å². The van der Waals surface area contributed by atoms with Crippen molar-refractivity contribution in [1.29, 1.82) is 0 Å². The first-order valence-electron chi connectivity index (χ1n) is 5.17. The van der Waals surface area contributed by atoms with Crippen molar-refractivity contribution in [2.45, 2.75) is 0 Å². The Bertz CT molecular complexity index is 810. The van der Waals surface area contributed by atoms with Gasteiger partial charge >= 0.3 is 0 Å². The van der Waals surface area contributed by atoms with Crippen LogP contribution in [0.4, 0.5) is 0 Å². The molecule has 0 saturated heterocycles. The smallest absolute Gasteiger partial charge is 0.0843 e. The second kappa shape index (κ2) is 2.83. The Labute approximate surface area is 95.5 Å². The predicted molar refractivity (Wildman–Crippen MR) is 69.0 cm³/mol. The molecule has 0 amide bonds. The van der Waals surface area contributed by atoms with Gasteiger partial charge in [0.05, 0.1) is 16.4 Å². The Kier molecular flexibility index (Phi) is 1.47. The molecule has 2 aromatic heterocycles. The third-order valence-corrected chi connectivity index (χ3v) is 4.05. The first-order chi connectivity index (χ1) is 7.93. The van der Waals surface area contributed by atoms with Crippen molar-refractivity contribution in [3.63, 3.8) is 0 Å². The maximum atomic E-state index is 4.10. The minimum atomic E-state index is 1.16. The second-order valence-corrected chi connectivity index (χ2v) is 4.95. The van der Waals surface area contributed by atoms with Gasteiger partial charge in [-0.15, -0.1) is 11.3 Å². The summed E-state index contributed by atoms with van der Waals surface area (Å²) in [7, 11) is 0. The third kappa shape index (κ3) is 0.933. The summed E-state index contributed by atoms with van der Waals surface area (Å²) in [6.07, 6.45) is 1.90. The quantitative estimate of drug-likeness (QED) is 0.481. The highest BCUT2D eigenvalue weighted by Gasteiger charge is 2.09. The maximum Gasteiger partial charge on any atom is 0.0843 e. The summed E-state index contributed by atoms with van der Waals surface area (Å²) < 4.78 is 2.55. The molecule has 4 rings (SSSR count). The van der Waals surface area contributed by atoms with E-state index < -0.39 is 0 Å². The minimum Gasteiger partial charge on any atom is -0.276 e. The van der Waals surface area contributed by atoms with E-state index in [0.29, 0.717) is 0 Å². The predicted octanol–water partition coefficient (Wildman–Crippen LogP) is 3.93. The summed E-state index contributed by atoms with van der Waals surface area (Å²) in [5.41, 5.74) is 1.16. The number of fused-ring (bicyclic) bond motifs is 5. The molecule has 0 atom stereocenters. The first-order valence-corrected chi connectivity index (χ1v) is 5.98. The number of hydrogen-bond acceptors (Lipinski definition) is 2. The van der Waals surface area contributed by atoms with E-state index in [-0.39, 0.29) is 0 Å².